The van der Waals surface area contributed by atoms with Gasteiger partial charge in [-0.1, -0.05) is 46.6 Å². The number of benzene rings is 2. The van der Waals surface area contributed by atoms with E-state index < -0.39 is 0 Å². The van der Waals surface area contributed by atoms with Gasteiger partial charge in [0.25, 0.3) is 0 Å². The molecule has 0 atom stereocenters. The summed E-state index contributed by atoms with van der Waals surface area (Å²) < 4.78 is 0.960. The monoisotopic (exact) mass is 328 g/mol. The van der Waals surface area contributed by atoms with Crippen LogP contribution in [0.25, 0.3) is 0 Å². The molecule has 2 aromatic carbocycles. The van der Waals surface area contributed by atoms with E-state index >= 15 is 0 Å². The Labute approximate surface area is 128 Å². The molecule has 0 N–H and O–H groups in total. The number of carbonyl (C=O) groups is 1. The Morgan fingerprint density at radius 2 is 1.90 bits per heavy atom. The van der Waals surface area contributed by atoms with Crippen LogP contribution in [0.1, 0.15) is 52.2 Å². The fourth-order valence-electron chi connectivity index (χ4n) is 2.80. The summed E-state index contributed by atoms with van der Waals surface area (Å²) in [6.45, 7) is 2.01. The lowest BCUT2D eigenvalue weighted by atomic mass is 9.77. The number of ketones is 1. The van der Waals surface area contributed by atoms with Gasteiger partial charge < -0.3 is 0 Å². The highest BCUT2D eigenvalue weighted by atomic mass is 79.9. The first kappa shape index (κ1) is 13.6. The van der Waals surface area contributed by atoms with Gasteiger partial charge in [0, 0.05) is 15.6 Å². The van der Waals surface area contributed by atoms with Crippen molar-refractivity contribution in [3.05, 3.63) is 69.2 Å². The molecule has 102 valence electrons. The zero-order valence-corrected chi connectivity index (χ0v) is 13.1. The molecule has 0 heterocycles. The molecule has 0 unspecified atom stereocenters. The first-order valence-electron chi connectivity index (χ1n) is 7.06. The normalized spacial score (nSPS) is 14.9. The van der Waals surface area contributed by atoms with Crippen LogP contribution in [0.4, 0.5) is 0 Å². The summed E-state index contributed by atoms with van der Waals surface area (Å²) in [6, 6.07) is 14.0. The van der Waals surface area contributed by atoms with Crippen molar-refractivity contribution in [1.82, 2.24) is 0 Å². The molecule has 0 amide bonds. The van der Waals surface area contributed by atoms with E-state index in [9.17, 15) is 4.79 Å². The van der Waals surface area contributed by atoms with Crippen LogP contribution in [0.15, 0.2) is 46.9 Å². The molecule has 0 spiro atoms. The van der Waals surface area contributed by atoms with E-state index in [1.807, 2.05) is 43.3 Å². The van der Waals surface area contributed by atoms with Crippen molar-refractivity contribution in [2.24, 2.45) is 0 Å². The Morgan fingerprint density at radius 1 is 1.15 bits per heavy atom. The zero-order valence-electron chi connectivity index (χ0n) is 11.5. The van der Waals surface area contributed by atoms with Crippen LogP contribution in [-0.4, -0.2) is 5.78 Å². The third kappa shape index (κ3) is 2.57. The van der Waals surface area contributed by atoms with Crippen LogP contribution >= 0.6 is 15.9 Å². The number of hydrogen-bond acceptors (Lipinski definition) is 1. The average Bonchev–Trinajstić information content (AvgIpc) is 2.35. The van der Waals surface area contributed by atoms with Crippen LogP contribution in [0.2, 0.25) is 0 Å². The van der Waals surface area contributed by atoms with Gasteiger partial charge in [-0.05, 0) is 55.0 Å². The van der Waals surface area contributed by atoms with E-state index in [0.717, 1.165) is 21.2 Å². The number of aryl methyl sites for hydroxylation is 1. The summed E-state index contributed by atoms with van der Waals surface area (Å²) in [5.41, 5.74) is 3.96. The highest BCUT2D eigenvalue weighted by Crippen LogP contribution is 2.38. The molecule has 1 aliphatic rings. The van der Waals surface area contributed by atoms with Crippen LogP contribution in [0.5, 0.6) is 0 Å². The molecule has 1 nitrogen and oxygen atoms in total. The number of hydrogen-bond donors (Lipinski definition) is 0. The molecule has 0 aliphatic heterocycles. The average molecular weight is 329 g/mol. The van der Waals surface area contributed by atoms with Crippen molar-refractivity contribution < 1.29 is 4.79 Å². The number of rotatable bonds is 3. The first-order chi connectivity index (χ1) is 9.65. The fraction of sp³-hybridized carbons (Fsp3) is 0.278. The van der Waals surface area contributed by atoms with Crippen LogP contribution in [0.3, 0.4) is 0 Å². The predicted molar refractivity (Wildman–Crippen MR) is 85.3 cm³/mol. The summed E-state index contributed by atoms with van der Waals surface area (Å²) in [5.74, 6) is 0.709. The molecule has 1 fully saturated rings. The van der Waals surface area contributed by atoms with E-state index in [4.69, 9.17) is 0 Å². The molecule has 2 aromatic rings. The van der Waals surface area contributed by atoms with Crippen molar-refractivity contribution in [2.45, 2.75) is 32.1 Å². The number of carbonyl (C=O) groups excluding carboxylic acids is 1. The molecule has 0 aromatic heterocycles. The Kier molecular flexibility index (Phi) is 3.75. The molecule has 1 saturated carbocycles. The Morgan fingerprint density at radius 3 is 2.55 bits per heavy atom. The van der Waals surface area contributed by atoms with E-state index in [-0.39, 0.29) is 5.78 Å². The van der Waals surface area contributed by atoms with E-state index in [0.29, 0.717) is 5.92 Å². The van der Waals surface area contributed by atoms with Crippen molar-refractivity contribution >= 4 is 21.7 Å². The lowest BCUT2D eigenvalue weighted by molar-refractivity contribution is 0.103. The molecule has 0 radical (unpaired) electrons. The topological polar surface area (TPSA) is 17.1 Å². The molecule has 3 rings (SSSR count). The summed E-state index contributed by atoms with van der Waals surface area (Å²) in [7, 11) is 0. The van der Waals surface area contributed by atoms with Gasteiger partial charge in [0.05, 0.1) is 0 Å². The Hall–Kier alpha value is -1.41. The molecular weight excluding hydrogens is 312 g/mol. The van der Waals surface area contributed by atoms with Crippen molar-refractivity contribution in [2.75, 3.05) is 0 Å². The molecule has 20 heavy (non-hydrogen) atoms. The van der Waals surface area contributed by atoms with E-state index in [1.165, 1.54) is 24.8 Å². The zero-order chi connectivity index (χ0) is 14.1. The third-order valence-corrected chi connectivity index (χ3v) is 4.51. The highest BCUT2D eigenvalue weighted by Gasteiger charge is 2.24. The van der Waals surface area contributed by atoms with Crippen molar-refractivity contribution in [3.63, 3.8) is 0 Å². The third-order valence-electron chi connectivity index (χ3n) is 4.05. The van der Waals surface area contributed by atoms with Gasteiger partial charge in [-0.25, -0.2) is 0 Å². The molecule has 0 saturated heterocycles. The standard InChI is InChI=1S/C18H17BrO/c1-12-9-14(11-15(19)10-12)18(20)17-8-3-2-7-16(17)13-5-4-6-13/h2-3,7-11,13H,4-6H2,1H3. The summed E-state index contributed by atoms with van der Waals surface area (Å²) in [4.78, 5) is 12.8. The van der Waals surface area contributed by atoms with Crippen LogP contribution < -0.4 is 0 Å². The molecule has 1 aliphatic carbocycles. The van der Waals surface area contributed by atoms with Crippen LogP contribution in [-0.2, 0) is 0 Å². The predicted octanol–water partition coefficient (Wildman–Crippen LogP) is 5.26. The largest absolute Gasteiger partial charge is 0.289 e. The Balaban J connectivity index is 2.01. The second-order valence-electron chi connectivity index (χ2n) is 5.56. The van der Waals surface area contributed by atoms with E-state index in [1.54, 1.807) is 0 Å². The fourth-order valence-corrected chi connectivity index (χ4v) is 3.41. The summed E-state index contributed by atoms with van der Waals surface area (Å²) in [6.07, 6.45) is 3.70. The lowest BCUT2D eigenvalue weighted by Gasteiger charge is -2.27. The van der Waals surface area contributed by atoms with Crippen LogP contribution in [0, 0.1) is 6.92 Å². The van der Waals surface area contributed by atoms with Gasteiger partial charge in [0.15, 0.2) is 5.78 Å². The summed E-state index contributed by atoms with van der Waals surface area (Å²) >= 11 is 3.47. The van der Waals surface area contributed by atoms with Crippen molar-refractivity contribution in [1.29, 1.82) is 0 Å². The van der Waals surface area contributed by atoms with E-state index in [2.05, 4.69) is 22.0 Å². The SMILES string of the molecule is Cc1cc(Br)cc(C(=O)c2ccccc2C2CCC2)c1. The van der Waals surface area contributed by atoms with Gasteiger partial charge in [-0.3, -0.25) is 4.79 Å². The first-order valence-corrected chi connectivity index (χ1v) is 7.85. The van der Waals surface area contributed by atoms with Gasteiger partial charge in [-0.15, -0.1) is 0 Å². The van der Waals surface area contributed by atoms with Crippen molar-refractivity contribution in [3.8, 4) is 0 Å². The van der Waals surface area contributed by atoms with Gasteiger partial charge in [0.2, 0.25) is 0 Å². The van der Waals surface area contributed by atoms with Gasteiger partial charge in [0.1, 0.15) is 0 Å². The maximum Gasteiger partial charge on any atom is 0.193 e. The van der Waals surface area contributed by atoms with Gasteiger partial charge >= 0.3 is 0 Å². The maximum absolute atomic E-state index is 12.8. The van der Waals surface area contributed by atoms with Gasteiger partial charge in [-0.2, -0.15) is 0 Å². The summed E-state index contributed by atoms with van der Waals surface area (Å²) in [5, 5.41) is 0. The quantitative estimate of drug-likeness (QED) is 0.702. The highest BCUT2D eigenvalue weighted by molar-refractivity contribution is 9.10. The smallest absolute Gasteiger partial charge is 0.193 e. The lowest BCUT2D eigenvalue weighted by Crippen LogP contribution is -2.14. The Bertz CT molecular complexity index is 636. The minimum absolute atomic E-state index is 0.136. The second-order valence-corrected chi connectivity index (χ2v) is 6.48. The minimum atomic E-state index is 0.136. The molecule has 2 heteroatoms. The molecule has 0 bridgehead atoms. The maximum atomic E-state index is 12.8. The number of halogens is 1. The second kappa shape index (κ2) is 5.53. The molecular formula is C18H17BrO. The minimum Gasteiger partial charge on any atom is -0.289 e.